The lowest BCUT2D eigenvalue weighted by atomic mass is 10.1. The van der Waals surface area contributed by atoms with Gasteiger partial charge in [-0.1, -0.05) is 54.6 Å². The molecule has 0 bridgehead atoms. The zero-order valence-corrected chi connectivity index (χ0v) is 19.7. The van der Waals surface area contributed by atoms with E-state index in [0.29, 0.717) is 19.1 Å². The van der Waals surface area contributed by atoms with Crippen LogP contribution in [-0.2, 0) is 29.2 Å². The summed E-state index contributed by atoms with van der Waals surface area (Å²) in [5.74, 6) is 1.54. The number of likely N-dealkylation sites (tertiary alicyclic amines) is 1. The van der Waals surface area contributed by atoms with Gasteiger partial charge in [-0.2, -0.15) is 0 Å². The summed E-state index contributed by atoms with van der Waals surface area (Å²) in [5.41, 5.74) is 3.64. The Bertz CT molecular complexity index is 755. The summed E-state index contributed by atoms with van der Waals surface area (Å²) in [6.07, 6.45) is 1.15. The highest BCUT2D eigenvalue weighted by molar-refractivity contribution is 14.0. The molecule has 0 aromatic heterocycles. The third-order valence-corrected chi connectivity index (χ3v) is 5.12. The van der Waals surface area contributed by atoms with Gasteiger partial charge in [0, 0.05) is 39.7 Å². The summed E-state index contributed by atoms with van der Waals surface area (Å²) >= 11 is 0. The van der Waals surface area contributed by atoms with Crippen molar-refractivity contribution >= 4 is 29.9 Å². The van der Waals surface area contributed by atoms with Crippen molar-refractivity contribution in [3.05, 3.63) is 71.3 Å². The quantitative estimate of drug-likeness (QED) is 0.331. The Morgan fingerprint density at radius 1 is 1.07 bits per heavy atom. The summed E-state index contributed by atoms with van der Waals surface area (Å²) in [5, 5.41) is 3.52. The van der Waals surface area contributed by atoms with E-state index in [1.807, 2.05) is 25.2 Å². The molecule has 1 aliphatic rings. The van der Waals surface area contributed by atoms with Crippen LogP contribution in [0.15, 0.2) is 59.6 Å². The van der Waals surface area contributed by atoms with Crippen LogP contribution in [0, 0.1) is 5.92 Å². The monoisotopic (exact) mass is 509 g/mol. The minimum absolute atomic E-state index is 0. The van der Waals surface area contributed by atoms with Gasteiger partial charge in [0.2, 0.25) is 0 Å². The highest BCUT2D eigenvalue weighted by atomic mass is 127. The normalized spacial score (nSPS) is 16.6. The summed E-state index contributed by atoms with van der Waals surface area (Å²) < 4.78 is 11.2. The minimum Gasteiger partial charge on any atom is -0.384 e. The van der Waals surface area contributed by atoms with Gasteiger partial charge in [0.1, 0.15) is 0 Å². The Hall–Kier alpha value is -1.64. The molecule has 2 aromatic rings. The van der Waals surface area contributed by atoms with Crippen LogP contribution in [0.2, 0.25) is 0 Å². The molecule has 0 radical (unpaired) electrons. The average molecular weight is 509 g/mol. The van der Waals surface area contributed by atoms with Crippen molar-refractivity contribution in [3.63, 3.8) is 0 Å². The van der Waals surface area contributed by atoms with Gasteiger partial charge in [-0.15, -0.1) is 24.0 Å². The van der Waals surface area contributed by atoms with Crippen molar-refractivity contribution in [2.75, 3.05) is 33.9 Å². The lowest BCUT2D eigenvalue weighted by molar-refractivity contribution is 0.106. The molecule has 1 aliphatic heterocycles. The SMILES string of the molecule is CN=C(NCc1ccccc1COCc1ccccc1)N1CCC(COC)C1.I. The number of nitrogens with one attached hydrogen (secondary N) is 1. The first kappa shape index (κ1) is 23.6. The number of halogens is 1. The predicted molar refractivity (Wildman–Crippen MR) is 129 cm³/mol. The molecule has 0 amide bonds. The van der Waals surface area contributed by atoms with E-state index in [4.69, 9.17) is 9.47 Å². The second-order valence-corrected chi connectivity index (χ2v) is 7.20. The zero-order valence-electron chi connectivity index (χ0n) is 17.3. The number of hydrogen-bond acceptors (Lipinski definition) is 3. The van der Waals surface area contributed by atoms with Crippen molar-refractivity contribution in [2.45, 2.75) is 26.2 Å². The van der Waals surface area contributed by atoms with E-state index >= 15 is 0 Å². The largest absolute Gasteiger partial charge is 0.384 e. The average Bonchev–Trinajstić information content (AvgIpc) is 3.19. The Kier molecular flexibility index (Phi) is 10.5. The van der Waals surface area contributed by atoms with Gasteiger partial charge in [0.15, 0.2) is 5.96 Å². The Morgan fingerprint density at radius 2 is 1.79 bits per heavy atom. The highest BCUT2D eigenvalue weighted by Crippen LogP contribution is 2.17. The minimum atomic E-state index is 0. The number of methoxy groups -OCH3 is 1. The maximum atomic E-state index is 5.94. The molecule has 6 heteroatoms. The van der Waals surface area contributed by atoms with E-state index in [1.54, 1.807) is 7.11 Å². The standard InChI is InChI=1S/C23H31N3O2.HI/c1-24-23(26-13-12-20(15-26)16-27-2)25-14-21-10-6-7-11-22(21)18-28-17-19-8-4-3-5-9-19;/h3-11,20H,12-18H2,1-2H3,(H,24,25);1H. The van der Waals surface area contributed by atoms with Crippen molar-refractivity contribution in [3.8, 4) is 0 Å². The van der Waals surface area contributed by atoms with Crippen molar-refractivity contribution < 1.29 is 9.47 Å². The fraction of sp³-hybridized carbons (Fsp3) is 0.435. The summed E-state index contributed by atoms with van der Waals surface area (Å²) in [6.45, 7) is 4.80. The fourth-order valence-electron chi connectivity index (χ4n) is 3.63. The smallest absolute Gasteiger partial charge is 0.193 e. The molecule has 5 nitrogen and oxygen atoms in total. The van der Waals surface area contributed by atoms with Crippen LogP contribution in [0.4, 0.5) is 0 Å². The van der Waals surface area contributed by atoms with E-state index < -0.39 is 0 Å². The maximum absolute atomic E-state index is 5.94. The molecular weight excluding hydrogens is 477 g/mol. The van der Waals surface area contributed by atoms with Gasteiger partial charge in [0.25, 0.3) is 0 Å². The Morgan fingerprint density at radius 3 is 2.52 bits per heavy atom. The molecule has 3 rings (SSSR count). The predicted octanol–water partition coefficient (Wildman–Crippen LogP) is 4.07. The zero-order chi connectivity index (χ0) is 19.6. The van der Waals surface area contributed by atoms with Crippen LogP contribution >= 0.6 is 24.0 Å². The molecule has 158 valence electrons. The molecule has 29 heavy (non-hydrogen) atoms. The first-order chi connectivity index (χ1) is 13.8. The molecule has 1 N–H and O–H groups in total. The Balaban J connectivity index is 0.00000300. The first-order valence-corrected chi connectivity index (χ1v) is 9.93. The molecule has 2 aromatic carbocycles. The fourth-order valence-corrected chi connectivity index (χ4v) is 3.63. The third kappa shape index (κ3) is 7.28. The van der Waals surface area contributed by atoms with Crippen LogP contribution in [0.1, 0.15) is 23.1 Å². The Labute approximate surface area is 191 Å². The lowest BCUT2D eigenvalue weighted by Crippen LogP contribution is -2.40. The number of benzene rings is 2. The topological polar surface area (TPSA) is 46.1 Å². The molecule has 1 atom stereocenters. The van der Waals surface area contributed by atoms with Gasteiger partial charge in [-0.25, -0.2) is 0 Å². The van der Waals surface area contributed by atoms with Crippen LogP contribution in [0.3, 0.4) is 0 Å². The van der Waals surface area contributed by atoms with E-state index in [9.17, 15) is 0 Å². The number of nitrogens with zero attached hydrogens (tertiary/aromatic N) is 2. The van der Waals surface area contributed by atoms with E-state index in [2.05, 4.69) is 51.6 Å². The summed E-state index contributed by atoms with van der Waals surface area (Å²) in [7, 11) is 3.62. The molecule has 0 spiro atoms. The first-order valence-electron chi connectivity index (χ1n) is 9.93. The molecule has 1 heterocycles. The number of aliphatic imine (C=N–C) groups is 1. The van der Waals surface area contributed by atoms with Crippen LogP contribution < -0.4 is 5.32 Å². The maximum Gasteiger partial charge on any atom is 0.193 e. The number of rotatable bonds is 8. The molecular formula is C23H32IN3O2. The second-order valence-electron chi connectivity index (χ2n) is 7.20. The van der Waals surface area contributed by atoms with Gasteiger partial charge >= 0.3 is 0 Å². The molecule has 1 fully saturated rings. The summed E-state index contributed by atoms with van der Waals surface area (Å²) in [6, 6.07) is 18.7. The van der Waals surface area contributed by atoms with Crippen molar-refractivity contribution in [1.29, 1.82) is 0 Å². The molecule has 0 saturated carbocycles. The van der Waals surface area contributed by atoms with Gasteiger partial charge < -0.3 is 19.7 Å². The van der Waals surface area contributed by atoms with Gasteiger partial charge in [-0.3, -0.25) is 4.99 Å². The van der Waals surface area contributed by atoms with Crippen LogP contribution in [0.25, 0.3) is 0 Å². The van der Waals surface area contributed by atoms with E-state index in [1.165, 1.54) is 16.7 Å². The second kappa shape index (κ2) is 12.8. The highest BCUT2D eigenvalue weighted by Gasteiger charge is 2.24. The van der Waals surface area contributed by atoms with E-state index in [0.717, 1.165) is 38.6 Å². The van der Waals surface area contributed by atoms with Crippen molar-refractivity contribution in [1.82, 2.24) is 10.2 Å². The van der Waals surface area contributed by atoms with Gasteiger partial charge in [-0.05, 0) is 23.1 Å². The van der Waals surface area contributed by atoms with Crippen LogP contribution in [-0.4, -0.2) is 44.7 Å². The summed E-state index contributed by atoms with van der Waals surface area (Å²) in [4.78, 5) is 6.79. The molecule has 1 unspecified atom stereocenters. The van der Waals surface area contributed by atoms with Gasteiger partial charge in [0.05, 0.1) is 19.8 Å². The molecule has 1 saturated heterocycles. The van der Waals surface area contributed by atoms with Crippen LogP contribution in [0.5, 0.6) is 0 Å². The lowest BCUT2D eigenvalue weighted by Gasteiger charge is -2.22. The number of guanidine groups is 1. The molecule has 0 aliphatic carbocycles. The van der Waals surface area contributed by atoms with Crippen molar-refractivity contribution in [2.24, 2.45) is 10.9 Å². The number of ether oxygens (including phenoxy) is 2. The van der Waals surface area contributed by atoms with E-state index in [-0.39, 0.29) is 24.0 Å². The third-order valence-electron chi connectivity index (χ3n) is 5.12. The number of hydrogen-bond donors (Lipinski definition) is 1.